The normalized spacial score (nSPS) is 18.5. The monoisotopic (exact) mass is 437 g/mol. The molecule has 1 atom stereocenters. The van der Waals surface area contributed by atoms with Gasteiger partial charge in [0.1, 0.15) is 6.04 Å². The summed E-state index contributed by atoms with van der Waals surface area (Å²) < 4.78 is 31.6. The van der Waals surface area contributed by atoms with Crippen LogP contribution >= 0.6 is 0 Å². The van der Waals surface area contributed by atoms with Gasteiger partial charge in [0, 0.05) is 37.1 Å². The predicted octanol–water partition coefficient (Wildman–Crippen LogP) is 1.36. The van der Waals surface area contributed by atoms with Crippen LogP contribution in [0.2, 0.25) is 0 Å². The summed E-state index contributed by atoms with van der Waals surface area (Å²) in [6, 6.07) is 3.69. The van der Waals surface area contributed by atoms with Crippen LogP contribution in [0.25, 0.3) is 0 Å². The lowest BCUT2D eigenvalue weighted by Crippen LogP contribution is -2.52. The van der Waals surface area contributed by atoms with E-state index in [0.717, 1.165) is 0 Å². The van der Waals surface area contributed by atoms with Crippen molar-refractivity contribution in [2.75, 3.05) is 11.9 Å². The van der Waals surface area contributed by atoms with E-state index in [-0.39, 0.29) is 37.8 Å². The summed E-state index contributed by atoms with van der Waals surface area (Å²) in [5, 5.41) is 4.67. The van der Waals surface area contributed by atoms with Crippen molar-refractivity contribution in [1.29, 1.82) is 0 Å². The van der Waals surface area contributed by atoms with Crippen LogP contribution in [0, 0.1) is 0 Å². The number of carbonyl (C=O) groups excluding carboxylic acids is 5. The Hall–Kier alpha value is -3.37. The fourth-order valence-electron chi connectivity index (χ4n) is 3.48. The minimum atomic E-state index is -3.76. The summed E-state index contributed by atoms with van der Waals surface area (Å²) >= 11 is 0. The molecular formula is C20H21F2N3O6. The van der Waals surface area contributed by atoms with E-state index >= 15 is 0 Å². The Morgan fingerprint density at radius 1 is 1.29 bits per heavy atom. The third kappa shape index (κ3) is 4.86. The summed E-state index contributed by atoms with van der Waals surface area (Å²) in [5.41, 5.74) is 1.21. The molecule has 9 nitrogen and oxygen atoms in total. The van der Waals surface area contributed by atoms with E-state index in [4.69, 9.17) is 0 Å². The van der Waals surface area contributed by atoms with Crippen molar-refractivity contribution < 1.29 is 37.5 Å². The molecule has 3 rings (SSSR count). The van der Waals surface area contributed by atoms with E-state index in [0.29, 0.717) is 16.8 Å². The maximum atomic E-state index is 13.7. The number of halogens is 2. The number of alkyl halides is 2. The minimum Gasteiger partial charge on any atom is -0.462 e. The number of amides is 4. The fraction of sp³-hybridized carbons (Fsp3) is 0.450. The first-order valence-corrected chi connectivity index (χ1v) is 9.75. The number of esters is 1. The Kier molecular flexibility index (Phi) is 6.32. The Morgan fingerprint density at radius 2 is 2.03 bits per heavy atom. The van der Waals surface area contributed by atoms with Crippen LogP contribution in [0.5, 0.6) is 0 Å². The molecule has 0 aliphatic carbocycles. The summed E-state index contributed by atoms with van der Waals surface area (Å²) in [6.07, 6.45) is -1.24. The lowest BCUT2D eigenvalue weighted by Gasteiger charge is -2.29. The van der Waals surface area contributed by atoms with Gasteiger partial charge in [-0.15, -0.1) is 0 Å². The first-order valence-electron chi connectivity index (χ1n) is 9.75. The van der Waals surface area contributed by atoms with Crippen molar-refractivity contribution in [3.8, 4) is 0 Å². The standard InChI is InChI=1S/C20H21F2N3O6/c1-2-31-19(30)20(21,22)8-7-16(27)23-12-3-4-13-11(9-12)10-25(18(13)29)14-5-6-15(26)24-17(14)28/h3-4,9,14H,2,5-8,10H2,1H3,(H,23,27)(H,24,26,28). The Balaban J connectivity index is 1.61. The zero-order chi connectivity index (χ0) is 22.8. The highest BCUT2D eigenvalue weighted by atomic mass is 19.3. The fourth-order valence-corrected chi connectivity index (χ4v) is 3.48. The summed E-state index contributed by atoms with van der Waals surface area (Å²) in [5.74, 6) is -7.45. The zero-order valence-electron chi connectivity index (χ0n) is 16.7. The van der Waals surface area contributed by atoms with Gasteiger partial charge in [0.15, 0.2) is 0 Å². The smallest absolute Gasteiger partial charge is 0.376 e. The number of piperidine rings is 1. The maximum Gasteiger partial charge on any atom is 0.376 e. The number of nitrogens with zero attached hydrogens (tertiary/aromatic N) is 1. The largest absolute Gasteiger partial charge is 0.462 e. The van der Waals surface area contributed by atoms with Gasteiger partial charge in [0.25, 0.3) is 5.91 Å². The highest BCUT2D eigenvalue weighted by Gasteiger charge is 2.41. The number of hydrogen-bond acceptors (Lipinski definition) is 6. The maximum absolute atomic E-state index is 13.7. The second-order valence-corrected chi connectivity index (χ2v) is 7.24. The van der Waals surface area contributed by atoms with Gasteiger partial charge < -0.3 is 15.0 Å². The van der Waals surface area contributed by atoms with Gasteiger partial charge in [-0.05, 0) is 37.1 Å². The van der Waals surface area contributed by atoms with Crippen LogP contribution in [0.3, 0.4) is 0 Å². The number of imide groups is 1. The summed E-state index contributed by atoms with van der Waals surface area (Å²) in [7, 11) is 0. The molecule has 2 N–H and O–H groups in total. The molecule has 11 heteroatoms. The second kappa shape index (κ2) is 8.78. The molecule has 2 aliphatic rings. The average Bonchev–Trinajstić information content (AvgIpc) is 3.02. The number of carbonyl (C=O) groups is 5. The second-order valence-electron chi connectivity index (χ2n) is 7.24. The molecule has 166 valence electrons. The van der Waals surface area contributed by atoms with Gasteiger partial charge in [0.05, 0.1) is 6.61 Å². The molecule has 1 aromatic rings. The van der Waals surface area contributed by atoms with E-state index < -0.39 is 42.6 Å². The SMILES string of the molecule is CCOC(=O)C(F)(F)CCC(=O)Nc1ccc2c(c1)CN(C1CCC(=O)NC1=O)C2=O. The van der Waals surface area contributed by atoms with Gasteiger partial charge >= 0.3 is 11.9 Å². The molecule has 2 aliphatic heterocycles. The van der Waals surface area contributed by atoms with Gasteiger partial charge in [-0.2, -0.15) is 8.78 Å². The first-order chi connectivity index (χ1) is 14.6. The summed E-state index contributed by atoms with van der Waals surface area (Å²) in [6.45, 7) is 1.33. The Labute approximate surface area is 176 Å². The zero-order valence-corrected chi connectivity index (χ0v) is 16.7. The van der Waals surface area contributed by atoms with Crippen molar-refractivity contribution in [2.24, 2.45) is 0 Å². The third-order valence-electron chi connectivity index (χ3n) is 5.05. The van der Waals surface area contributed by atoms with E-state index in [9.17, 15) is 32.8 Å². The Morgan fingerprint density at radius 3 is 2.71 bits per heavy atom. The number of fused-ring (bicyclic) bond motifs is 1. The number of hydrogen-bond donors (Lipinski definition) is 2. The topological polar surface area (TPSA) is 122 Å². The number of benzene rings is 1. The molecule has 0 spiro atoms. The van der Waals surface area contributed by atoms with Crippen LogP contribution < -0.4 is 10.6 Å². The molecule has 2 heterocycles. The molecule has 1 saturated heterocycles. The van der Waals surface area contributed by atoms with Gasteiger partial charge in [-0.25, -0.2) is 4.79 Å². The van der Waals surface area contributed by atoms with Crippen LogP contribution in [-0.4, -0.2) is 53.1 Å². The molecule has 1 aromatic carbocycles. The quantitative estimate of drug-likeness (QED) is 0.491. The van der Waals surface area contributed by atoms with Crippen LogP contribution in [0.4, 0.5) is 14.5 Å². The Bertz CT molecular complexity index is 949. The van der Waals surface area contributed by atoms with Crippen molar-refractivity contribution in [3.63, 3.8) is 0 Å². The number of anilines is 1. The van der Waals surface area contributed by atoms with Crippen LogP contribution in [0.1, 0.15) is 48.5 Å². The third-order valence-corrected chi connectivity index (χ3v) is 5.05. The molecule has 0 bridgehead atoms. The van der Waals surface area contributed by atoms with Gasteiger partial charge in [-0.1, -0.05) is 0 Å². The predicted molar refractivity (Wildman–Crippen MR) is 102 cm³/mol. The first kappa shape index (κ1) is 22.3. The van der Waals surface area contributed by atoms with Crippen LogP contribution in [-0.2, 0) is 30.5 Å². The number of ether oxygens (including phenoxy) is 1. The number of nitrogens with one attached hydrogen (secondary N) is 2. The lowest BCUT2D eigenvalue weighted by molar-refractivity contribution is -0.172. The molecule has 1 fully saturated rings. The molecule has 0 saturated carbocycles. The highest BCUT2D eigenvalue weighted by Crippen LogP contribution is 2.30. The molecule has 4 amide bonds. The molecule has 1 unspecified atom stereocenters. The van der Waals surface area contributed by atoms with Gasteiger partial charge in [0.2, 0.25) is 17.7 Å². The van der Waals surface area contributed by atoms with Crippen LogP contribution in [0.15, 0.2) is 18.2 Å². The average molecular weight is 437 g/mol. The van der Waals surface area contributed by atoms with Crippen molar-refractivity contribution in [1.82, 2.24) is 10.2 Å². The molecule has 0 aromatic heterocycles. The lowest BCUT2D eigenvalue weighted by atomic mass is 10.0. The van der Waals surface area contributed by atoms with Crippen molar-refractivity contribution >= 4 is 35.3 Å². The summed E-state index contributed by atoms with van der Waals surface area (Å²) in [4.78, 5) is 60.6. The van der Waals surface area contributed by atoms with Gasteiger partial charge in [-0.3, -0.25) is 24.5 Å². The van der Waals surface area contributed by atoms with E-state index in [1.165, 1.54) is 30.0 Å². The van der Waals surface area contributed by atoms with Crippen molar-refractivity contribution in [2.45, 2.75) is 51.1 Å². The molecular weight excluding hydrogens is 416 g/mol. The highest BCUT2D eigenvalue weighted by molar-refractivity contribution is 6.05. The van der Waals surface area contributed by atoms with E-state index in [1.54, 1.807) is 0 Å². The molecule has 0 radical (unpaired) electrons. The number of rotatable bonds is 7. The van der Waals surface area contributed by atoms with E-state index in [2.05, 4.69) is 15.4 Å². The molecule has 31 heavy (non-hydrogen) atoms. The van der Waals surface area contributed by atoms with Crippen molar-refractivity contribution in [3.05, 3.63) is 29.3 Å². The minimum absolute atomic E-state index is 0.116. The van der Waals surface area contributed by atoms with E-state index in [1.807, 2.05) is 0 Å².